The Kier molecular flexibility index (Phi) is 4.94. The van der Waals surface area contributed by atoms with Gasteiger partial charge < -0.3 is 25.0 Å². The van der Waals surface area contributed by atoms with Crippen LogP contribution in [0.15, 0.2) is 30.9 Å². The standard InChI is InChI=1S/C19H20FN7O3/c1-10-6-26(9-15(10)25-19(29)30)16-5-21-14(4-22-16)18(28)24-12-3-13(20)17-23-11(2)7-27(17)8-12/h3-5,7-8,10,15,25H,6,9H2,1-2H3,(H,24,28)(H,29,30)/t10-,15-/m1/s1. The molecule has 3 aromatic heterocycles. The molecule has 30 heavy (non-hydrogen) atoms. The lowest BCUT2D eigenvalue weighted by atomic mass is 10.1. The summed E-state index contributed by atoms with van der Waals surface area (Å²) in [6, 6.07) is 0.992. The smallest absolute Gasteiger partial charge is 0.404 e. The molecule has 0 saturated carbocycles. The number of imidazole rings is 1. The molecule has 1 aliphatic heterocycles. The molecule has 1 saturated heterocycles. The quantitative estimate of drug-likeness (QED) is 0.597. The molecule has 4 heterocycles. The van der Waals surface area contributed by atoms with Crippen LogP contribution in [0, 0.1) is 18.7 Å². The van der Waals surface area contributed by atoms with Crippen LogP contribution in [0.4, 0.5) is 20.7 Å². The number of aromatic nitrogens is 4. The summed E-state index contributed by atoms with van der Waals surface area (Å²) in [6.45, 7) is 4.79. The molecule has 3 aromatic rings. The second-order valence-corrected chi connectivity index (χ2v) is 7.34. The number of aryl methyl sites for hydroxylation is 1. The number of anilines is 2. The van der Waals surface area contributed by atoms with Crippen LogP contribution in [-0.2, 0) is 0 Å². The maximum Gasteiger partial charge on any atom is 0.404 e. The van der Waals surface area contributed by atoms with Gasteiger partial charge in [0.25, 0.3) is 5.91 Å². The van der Waals surface area contributed by atoms with Gasteiger partial charge in [0.2, 0.25) is 0 Å². The third kappa shape index (κ3) is 3.86. The summed E-state index contributed by atoms with van der Waals surface area (Å²) in [7, 11) is 0. The van der Waals surface area contributed by atoms with Crippen LogP contribution in [0.3, 0.4) is 0 Å². The van der Waals surface area contributed by atoms with Crippen LogP contribution in [0.25, 0.3) is 5.65 Å². The summed E-state index contributed by atoms with van der Waals surface area (Å²) >= 11 is 0. The summed E-state index contributed by atoms with van der Waals surface area (Å²) in [5.41, 5.74) is 1.19. The van der Waals surface area contributed by atoms with Crippen molar-refractivity contribution in [2.75, 3.05) is 23.3 Å². The highest BCUT2D eigenvalue weighted by molar-refractivity contribution is 6.02. The maximum absolute atomic E-state index is 14.2. The van der Waals surface area contributed by atoms with E-state index in [4.69, 9.17) is 5.11 Å². The monoisotopic (exact) mass is 413 g/mol. The Hall–Kier alpha value is -3.76. The first-order valence-corrected chi connectivity index (χ1v) is 9.33. The van der Waals surface area contributed by atoms with E-state index in [0.717, 1.165) is 0 Å². The number of carboxylic acid groups (broad SMARTS) is 1. The van der Waals surface area contributed by atoms with E-state index in [1.165, 1.54) is 22.9 Å². The topological polar surface area (TPSA) is 125 Å². The third-order valence-electron chi connectivity index (χ3n) is 5.00. The minimum Gasteiger partial charge on any atom is -0.465 e. The number of carbonyl (C=O) groups excluding carboxylic acids is 1. The predicted molar refractivity (Wildman–Crippen MR) is 106 cm³/mol. The first-order chi connectivity index (χ1) is 14.3. The number of nitrogens with one attached hydrogen (secondary N) is 2. The van der Waals surface area contributed by atoms with Crippen LogP contribution in [-0.4, -0.2) is 55.6 Å². The number of nitrogens with zero attached hydrogens (tertiary/aromatic N) is 5. The molecular weight excluding hydrogens is 393 g/mol. The van der Waals surface area contributed by atoms with E-state index in [1.807, 2.05) is 11.8 Å². The molecule has 156 valence electrons. The zero-order chi connectivity index (χ0) is 21.4. The predicted octanol–water partition coefficient (Wildman–Crippen LogP) is 1.92. The van der Waals surface area contributed by atoms with E-state index in [1.54, 1.807) is 19.3 Å². The maximum atomic E-state index is 14.2. The fourth-order valence-electron chi connectivity index (χ4n) is 3.55. The molecule has 2 amide bonds. The zero-order valence-corrected chi connectivity index (χ0v) is 16.3. The number of halogens is 1. The molecule has 4 rings (SSSR count). The van der Waals surface area contributed by atoms with E-state index in [-0.39, 0.29) is 29.0 Å². The van der Waals surface area contributed by atoms with E-state index < -0.39 is 17.8 Å². The second kappa shape index (κ2) is 7.58. The molecule has 1 fully saturated rings. The molecule has 0 aromatic carbocycles. The molecule has 11 heteroatoms. The number of hydrogen-bond donors (Lipinski definition) is 3. The largest absolute Gasteiger partial charge is 0.465 e. The highest BCUT2D eigenvalue weighted by Gasteiger charge is 2.31. The zero-order valence-electron chi connectivity index (χ0n) is 16.3. The van der Waals surface area contributed by atoms with Crippen molar-refractivity contribution in [1.82, 2.24) is 24.7 Å². The Balaban J connectivity index is 1.45. The second-order valence-electron chi connectivity index (χ2n) is 7.34. The minimum atomic E-state index is -1.06. The van der Waals surface area contributed by atoms with Crippen LogP contribution in [0.5, 0.6) is 0 Å². The van der Waals surface area contributed by atoms with Gasteiger partial charge >= 0.3 is 6.09 Å². The third-order valence-corrected chi connectivity index (χ3v) is 5.00. The van der Waals surface area contributed by atoms with E-state index in [2.05, 4.69) is 25.6 Å². The number of fused-ring (bicyclic) bond motifs is 1. The average molecular weight is 413 g/mol. The summed E-state index contributed by atoms with van der Waals surface area (Å²) in [5, 5.41) is 14.0. The van der Waals surface area contributed by atoms with E-state index in [0.29, 0.717) is 24.6 Å². The van der Waals surface area contributed by atoms with Gasteiger partial charge in [0.1, 0.15) is 11.5 Å². The van der Waals surface area contributed by atoms with Crippen molar-refractivity contribution in [2.24, 2.45) is 5.92 Å². The molecule has 2 atom stereocenters. The SMILES string of the molecule is Cc1cn2cc(NC(=O)c3cnc(N4C[C@@H](C)[C@H](NC(=O)O)C4)cn3)cc(F)c2n1. The summed E-state index contributed by atoms with van der Waals surface area (Å²) < 4.78 is 15.7. The molecule has 1 aliphatic rings. The summed E-state index contributed by atoms with van der Waals surface area (Å²) in [6.07, 6.45) is 4.97. The fourth-order valence-corrected chi connectivity index (χ4v) is 3.55. The lowest BCUT2D eigenvalue weighted by Gasteiger charge is -2.17. The Morgan fingerprint density at radius 1 is 1.23 bits per heavy atom. The number of carbonyl (C=O) groups is 2. The van der Waals surface area contributed by atoms with Crippen molar-refractivity contribution in [3.05, 3.63) is 48.1 Å². The highest BCUT2D eigenvalue weighted by atomic mass is 19.1. The molecular formula is C19H20FN7O3. The Morgan fingerprint density at radius 2 is 2.03 bits per heavy atom. The lowest BCUT2D eigenvalue weighted by molar-refractivity contribution is 0.102. The van der Waals surface area contributed by atoms with Gasteiger partial charge in [0, 0.05) is 31.5 Å². The van der Waals surface area contributed by atoms with Crippen molar-refractivity contribution >= 4 is 29.2 Å². The Labute approximate surface area is 170 Å². The molecule has 0 aliphatic carbocycles. The van der Waals surface area contributed by atoms with Gasteiger partial charge in [-0.05, 0) is 12.8 Å². The molecule has 0 radical (unpaired) electrons. The van der Waals surface area contributed by atoms with Crippen molar-refractivity contribution in [3.8, 4) is 0 Å². The van der Waals surface area contributed by atoms with Crippen molar-refractivity contribution in [2.45, 2.75) is 19.9 Å². The van der Waals surface area contributed by atoms with E-state index >= 15 is 0 Å². The van der Waals surface area contributed by atoms with Gasteiger partial charge in [-0.1, -0.05) is 6.92 Å². The van der Waals surface area contributed by atoms with Crippen LogP contribution in [0.1, 0.15) is 23.1 Å². The van der Waals surface area contributed by atoms with Gasteiger partial charge in [-0.15, -0.1) is 0 Å². The Bertz CT molecular complexity index is 1120. The van der Waals surface area contributed by atoms with Crippen LogP contribution in [0.2, 0.25) is 0 Å². The molecule has 0 spiro atoms. The summed E-state index contributed by atoms with van der Waals surface area (Å²) in [5.74, 6) is -0.406. The summed E-state index contributed by atoms with van der Waals surface area (Å²) in [4.78, 5) is 37.8. The van der Waals surface area contributed by atoms with E-state index in [9.17, 15) is 14.0 Å². The molecule has 0 unspecified atom stereocenters. The van der Waals surface area contributed by atoms with Gasteiger partial charge in [-0.2, -0.15) is 0 Å². The Morgan fingerprint density at radius 3 is 2.73 bits per heavy atom. The molecule has 0 bridgehead atoms. The first kappa shape index (κ1) is 19.6. The van der Waals surface area contributed by atoms with Crippen LogP contribution < -0.4 is 15.5 Å². The van der Waals surface area contributed by atoms with Gasteiger partial charge in [0.05, 0.1) is 29.8 Å². The number of pyridine rings is 1. The normalized spacial score (nSPS) is 18.6. The van der Waals surface area contributed by atoms with Gasteiger partial charge in [-0.25, -0.2) is 24.1 Å². The number of hydrogen-bond acceptors (Lipinski definition) is 6. The number of amides is 2. The van der Waals surface area contributed by atoms with Gasteiger partial charge in [-0.3, -0.25) is 4.79 Å². The van der Waals surface area contributed by atoms with Crippen LogP contribution >= 0.6 is 0 Å². The lowest BCUT2D eigenvalue weighted by Crippen LogP contribution is -2.39. The average Bonchev–Trinajstić information content (AvgIpc) is 3.24. The number of rotatable bonds is 4. The van der Waals surface area contributed by atoms with Crippen molar-refractivity contribution < 1.29 is 19.1 Å². The van der Waals surface area contributed by atoms with Crippen molar-refractivity contribution in [1.29, 1.82) is 0 Å². The molecule has 10 nitrogen and oxygen atoms in total. The van der Waals surface area contributed by atoms with Gasteiger partial charge in [0.15, 0.2) is 11.5 Å². The van der Waals surface area contributed by atoms with Crippen molar-refractivity contribution in [3.63, 3.8) is 0 Å². The minimum absolute atomic E-state index is 0.0773. The first-order valence-electron chi connectivity index (χ1n) is 9.33. The fraction of sp³-hybridized carbons (Fsp3) is 0.316. The molecule has 3 N–H and O–H groups in total. The highest BCUT2D eigenvalue weighted by Crippen LogP contribution is 2.22.